The maximum atomic E-state index is 12.2. The average molecular weight is 379 g/mol. The fourth-order valence-corrected chi connectivity index (χ4v) is 3.14. The van der Waals surface area contributed by atoms with Crippen molar-refractivity contribution in [2.45, 2.75) is 6.04 Å². The first-order valence-corrected chi connectivity index (χ1v) is 7.34. The van der Waals surface area contributed by atoms with Crippen molar-refractivity contribution in [2.24, 2.45) is 0 Å². The Labute approximate surface area is 121 Å². The molecule has 1 heterocycles. The van der Waals surface area contributed by atoms with Crippen molar-refractivity contribution in [3.05, 3.63) is 27.3 Å². The number of phenolic OH excluding ortho intramolecular Hbond substituents is 1. The molecular weight excluding hydrogens is 369 g/mol. The smallest absolute Gasteiger partial charge is 0.327 e. The van der Waals surface area contributed by atoms with Gasteiger partial charge in [-0.05, 0) is 40.8 Å². The summed E-state index contributed by atoms with van der Waals surface area (Å²) in [7, 11) is 0. The molecule has 2 rings (SSSR count). The lowest BCUT2D eigenvalue weighted by Gasteiger charge is -2.20. The standard InChI is InChI=1S/C11H10INO4S/c12-7-2-1-6(3-9(7)14)10(15)13-5-18-4-8(13)11(16)17/h1-3,8,14H,4-5H2,(H,16,17)/t8-/m0/s1. The third kappa shape index (κ3) is 2.56. The number of aliphatic carboxylic acids is 1. The molecule has 1 amide bonds. The van der Waals surface area contributed by atoms with Crippen LogP contribution in [0.1, 0.15) is 10.4 Å². The van der Waals surface area contributed by atoms with Gasteiger partial charge in [-0.2, -0.15) is 0 Å². The lowest BCUT2D eigenvalue weighted by molar-refractivity contribution is -0.140. The number of hydrogen-bond acceptors (Lipinski definition) is 4. The second-order valence-corrected chi connectivity index (χ2v) is 5.96. The molecule has 0 bridgehead atoms. The molecule has 1 saturated heterocycles. The average Bonchev–Trinajstić information content (AvgIpc) is 2.81. The molecule has 0 aliphatic carbocycles. The topological polar surface area (TPSA) is 77.8 Å². The Bertz CT molecular complexity index is 508. The van der Waals surface area contributed by atoms with Crippen LogP contribution in [0.4, 0.5) is 0 Å². The molecule has 18 heavy (non-hydrogen) atoms. The zero-order valence-electron chi connectivity index (χ0n) is 9.17. The summed E-state index contributed by atoms with van der Waals surface area (Å²) in [5.41, 5.74) is 0.307. The van der Waals surface area contributed by atoms with Crippen LogP contribution < -0.4 is 0 Å². The number of carboxylic acid groups (broad SMARTS) is 1. The zero-order chi connectivity index (χ0) is 13.3. The normalized spacial score (nSPS) is 18.9. The number of aromatic hydroxyl groups is 1. The van der Waals surface area contributed by atoms with E-state index in [9.17, 15) is 14.7 Å². The first-order chi connectivity index (χ1) is 8.50. The van der Waals surface area contributed by atoms with Gasteiger partial charge in [0, 0.05) is 11.3 Å². The van der Waals surface area contributed by atoms with E-state index < -0.39 is 12.0 Å². The van der Waals surface area contributed by atoms with Gasteiger partial charge in [0.15, 0.2) is 0 Å². The van der Waals surface area contributed by atoms with Gasteiger partial charge in [0.05, 0.1) is 9.45 Å². The highest BCUT2D eigenvalue weighted by atomic mass is 127. The quantitative estimate of drug-likeness (QED) is 0.764. The van der Waals surface area contributed by atoms with E-state index in [2.05, 4.69) is 0 Å². The molecule has 0 spiro atoms. The lowest BCUT2D eigenvalue weighted by atomic mass is 10.1. The summed E-state index contributed by atoms with van der Waals surface area (Å²) >= 11 is 3.36. The van der Waals surface area contributed by atoms with Crippen molar-refractivity contribution in [1.29, 1.82) is 0 Å². The number of benzene rings is 1. The van der Waals surface area contributed by atoms with Crippen LogP contribution in [0.2, 0.25) is 0 Å². The summed E-state index contributed by atoms with van der Waals surface area (Å²) in [5.74, 6) is -0.567. The number of phenols is 1. The highest BCUT2D eigenvalue weighted by Crippen LogP contribution is 2.26. The molecule has 1 aliphatic heterocycles. The van der Waals surface area contributed by atoms with Crippen LogP contribution in [0.15, 0.2) is 18.2 Å². The van der Waals surface area contributed by atoms with Gasteiger partial charge >= 0.3 is 5.97 Å². The third-order valence-corrected chi connectivity index (χ3v) is 4.55. The molecule has 1 aromatic carbocycles. The van der Waals surface area contributed by atoms with E-state index in [0.717, 1.165) is 0 Å². The van der Waals surface area contributed by atoms with Crippen molar-refractivity contribution in [3.8, 4) is 5.75 Å². The molecule has 2 N–H and O–H groups in total. The van der Waals surface area contributed by atoms with Crippen LogP contribution in [0.3, 0.4) is 0 Å². The predicted molar refractivity (Wildman–Crippen MR) is 75.7 cm³/mol. The molecule has 96 valence electrons. The van der Waals surface area contributed by atoms with E-state index in [0.29, 0.717) is 20.8 Å². The predicted octanol–water partition coefficient (Wildman–Crippen LogP) is 1.60. The molecule has 1 fully saturated rings. The molecular formula is C11H10INO4S. The van der Waals surface area contributed by atoms with Gasteiger partial charge in [-0.1, -0.05) is 0 Å². The number of carbonyl (C=O) groups excluding carboxylic acids is 1. The Kier molecular flexibility index (Phi) is 4.00. The van der Waals surface area contributed by atoms with Gasteiger partial charge in [0.2, 0.25) is 0 Å². The van der Waals surface area contributed by atoms with Crippen LogP contribution in [-0.2, 0) is 4.79 Å². The van der Waals surface area contributed by atoms with E-state index in [1.54, 1.807) is 12.1 Å². The Hall–Kier alpha value is -0.960. The van der Waals surface area contributed by atoms with Gasteiger partial charge in [-0.25, -0.2) is 4.79 Å². The first-order valence-electron chi connectivity index (χ1n) is 5.10. The van der Waals surface area contributed by atoms with Crippen LogP contribution in [0, 0.1) is 3.57 Å². The maximum absolute atomic E-state index is 12.2. The number of carboxylic acids is 1. The molecule has 1 aliphatic rings. The van der Waals surface area contributed by atoms with E-state index in [-0.39, 0.29) is 11.7 Å². The SMILES string of the molecule is O=C(O)[C@@H]1CSCN1C(=O)c1ccc(I)c(O)c1. The Morgan fingerprint density at radius 3 is 2.78 bits per heavy atom. The highest BCUT2D eigenvalue weighted by molar-refractivity contribution is 14.1. The summed E-state index contributed by atoms with van der Waals surface area (Å²) < 4.78 is 0.648. The van der Waals surface area contributed by atoms with Gasteiger partial charge in [-0.15, -0.1) is 11.8 Å². The number of halogens is 1. The number of amides is 1. The van der Waals surface area contributed by atoms with Crippen molar-refractivity contribution in [3.63, 3.8) is 0 Å². The fraction of sp³-hybridized carbons (Fsp3) is 0.273. The van der Waals surface area contributed by atoms with Crippen molar-refractivity contribution >= 4 is 46.2 Å². The number of carbonyl (C=O) groups is 2. The van der Waals surface area contributed by atoms with Crippen LogP contribution in [0.5, 0.6) is 5.75 Å². The third-order valence-electron chi connectivity index (χ3n) is 2.62. The summed E-state index contributed by atoms with van der Waals surface area (Å²) in [6, 6.07) is 3.80. The van der Waals surface area contributed by atoms with E-state index in [4.69, 9.17) is 5.11 Å². The van der Waals surface area contributed by atoms with Crippen molar-refractivity contribution in [1.82, 2.24) is 4.90 Å². The summed E-state index contributed by atoms with van der Waals surface area (Å²) in [5, 5.41) is 18.6. The number of thioether (sulfide) groups is 1. The molecule has 1 atom stereocenters. The van der Waals surface area contributed by atoms with Crippen molar-refractivity contribution in [2.75, 3.05) is 11.6 Å². The number of hydrogen-bond donors (Lipinski definition) is 2. The number of rotatable bonds is 2. The second-order valence-electron chi connectivity index (χ2n) is 3.80. The molecule has 0 radical (unpaired) electrons. The molecule has 0 aromatic heterocycles. The largest absolute Gasteiger partial charge is 0.507 e. The minimum atomic E-state index is -0.997. The van der Waals surface area contributed by atoms with Gasteiger partial charge in [0.25, 0.3) is 5.91 Å². The summed E-state index contributed by atoms with van der Waals surface area (Å²) in [4.78, 5) is 24.5. The van der Waals surface area contributed by atoms with Crippen LogP contribution in [-0.4, -0.2) is 44.7 Å². The van der Waals surface area contributed by atoms with E-state index in [1.807, 2.05) is 22.6 Å². The van der Waals surface area contributed by atoms with Crippen LogP contribution >= 0.6 is 34.4 Å². The van der Waals surface area contributed by atoms with Gasteiger partial charge in [0.1, 0.15) is 11.8 Å². The minimum absolute atomic E-state index is 0.0279. The van der Waals surface area contributed by atoms with E-state index >= 15 is 0 Å². The molecule has 0 unspecified atom stereocenters. The summed E-state index contributed by atoms with van der Waals surface area (Å²) in [6.45, 7) is 0. The maximum Gasteiger partial charge on any atom is 0.327 e. The Morgan fingerprint density at radius 2 is 2.17 bits per heavy atom. The number of nitrogens with zero attached hydrogens (tertiary/aromatic N) is 1. The zero-order valence-corrected chi connectivity index (χ0v) is 12.1. The highest BCUT2D eigenvalue weighted by Gasteiger charge is 2.35. The summed E-state index contributed by atoms with van der Waals surface area (Å²) in [6.07, 6.45) is 0. The molecule has 7 heteroatoms. The van der Waals surface area contributed by atoms with E-state index in [1.165, 1.54) is 22.7 Å². The minimum Gasteiger partial charge on any atom is -0.507 e. The molecule has 0 saturated carbocycles. The molecule has 5 nitrogen and oxygen atoms in total. The van der Waals surface area contributed by atoms with Gasteiger partial charge in [-0.3, -0.25) is 4.79 Å². The monoisotopic (exact) mass is 379 g/mol. The lowest BCUT2D eigenvalue weighted by Crippen LogP contribution is -2.41. The second kappa shape index (κ2) is 5.35. The molecule has 1 aromatic rings. The fourth-order valence-electron chi connectivity index (χ4n) is 1.66. The Morgan fingerprint density at radius 1 is 1.44 bits per heavy atom. The van der Waals surface area contributed by atoms with Gasteiger partial charge < -0.3 is 15.1 Å². The van der Waals surface area contributed by atoms with Crippen molar-refractivity contribution < 1.29 is 19.8 Å². The first kappa shape index (κ1) is 13.5. The van der Waals surface area contributed by atoms with Crippen LogP contribution in [0.25, 0.3) is 0 Å². The Balaban J connectivity index is 2.25.